The van der Waals surface area contributed by atoms with E-state index >= 15 is 0 Å². The molecule has 0 aliphatic rings. The normalized spacial score (nSPS) is 9.80. The van der Waals surface area contributed by atoms with Crippen molar-refractivity contribution < 1.29 is 9.53 Å². The SMILES string of the molecule is CCOC(=O)NCc1ccc(Cl)cc1Cl. The first-order chi connectivity index (χ1) is 7.13. The molecule has 0 spiro atoms. The molecule has 3 nitrogen and oxygen atoms in total. The third-order valence-corrected chi connectivity index (χ3v) is 2.30. The second-order valence-electron chi connectivity index (χ2n) is 2.81. The van der Waals surface area contributed by atoms with Crippen molar-refractivity contribution in [3.63, 3.8) is 0 Å². The molecule has 1 amide bonds. The maximum absolute atomic E-state index is 11.0. The molecule has 82 valence electrons. The molecular formula is C10H11Cl2NO2. The Labute approximate surface area is 98.3 Å². The lowest BCUT2D eigenvalue weighted by Gasteiger charge is -2.06. The van der Waals surface area contributed by atoms with Crippen LogP contribution in [0.1, 0.15) is 12.5 Å². The number of ether oxygens (including phenoxy) is 1. The highest BCUT2D eigenvalue weighted by molar-refractivity contribution is 6.35. The van der Waals surface area contributed by atoms with Crippen LogP contribution in [0.2, 0.25) is 10.0 Å². The van der Waals surface area contributed by atoms with Gasteiger partial charge in [0.15, 0.2) is 0 Å². The van der Waals surface area contributed by atoms with E-state index in [9.17, 15) is 4.79 Å². The average molecular weight is 248 g/mol. The molecule has 1 aromatic carbocycles. The van der Waals surface area contributed by atoms with Crippen molar-refractivity contribution in [2.45, 2.75) is 13.5 Å². The maximum atomic E-state index is 11.0. The quantitative estimate of drug-likeness (QED) is 0.891. The number of nitrogens with one attached hydrogen (secondary N) is 1. The summed E-state index contributed by atoms with van der Waals surface area (Å²) in [5, 5.41) is 3.67. The van der Waals surface area contributed by atoms with Crippen molar-refractivity contribution in [1.82, 2.24) is 5.32 Å². The van der Waals surface area contributed by atoms with Crippen molar-refractivity contribution in [1.29, 1.82) is 0 Å². The molecule has 0 radical (unpaired) electrons. The lowest BCUT2D eigenvalue weighted by atomic mass is 10.2. The molecule has 0 aromatic heterocycles. The van der Waals surface area contributed by atoms with Gasteiger partial charge in [-0.05, 0) is 24.6 Å². The minimum absolute atomic E-state index is 0.328. The lowest BCUT2D eigenvalue weighted by Crippen LogP contribution is -2.23. The van der Waals surface area contributed by atoms with Crippen LogP contribution in [-0.4, -0.2) is 12.7 Å². The summed E-state index contributed by atoms with van der Waals surface area (Å²) < 4.78 is 4.71. The van der Waals surface area contributed by atoms with Crippen LogP contribution in [0, 0.1) is 0 Å². The van der Waals surface area contributed by atoms with Gasteiger partial charge in [0, 0.05) is 16.6 Å². The zero-order chi connectivity index (χ0) is 11.3. The van der Waals surface area contributed by atoms with E-state index in [1.807, 2.05) is 0 Å². The van der Waals surface area contributed by atoms with Crippen molar-refractivity contribution >= 4 is 29.3 Å². The van der Waals surface area contributed by atoms with Gasteiger partial charge >= 0.3 is 6.09 Å². The zero-order valence-corrected chi connectivity index (χ0v) is 9.73. The highest BCUT2D eigenvalue weighted by Gasteiger charge is 2.04. The second-order valence-corrected chi connectivity index (χ2v) is 3.65. The molecule has 0 aliphatic carbocycles. The molecule has 0 fully saturated rings. The standard InChI is InChI=1S/C10H11Cl2NO2/c1-2-15-10(14)13-6-7-3-4-8(11)5-9(7)12/h3-5H,2,6H2,1H3,(H,13,14). The van der Waals surface area contributed by atoms with Gasteiger partial charge in [0.05, 0.1) is 6.61 Å². The second kappa shape index (κ2) is 5.83. The van der Waals surface area contributed by atoms with Gasteiger partial charge in [0.25, 0.3) is 0 Å². The topological polar surface area (TPSA) is 38.3 Å². The Morgan fingerprint density at radius 1 is 1.47 bits per heavy atom. The molecule has 0 aliphatic heterocycles. The first-order valence-corrected chi connectivity index (χ1v) is 5.23. The number of benzene rings is 1. The van der Waals surface area contributed by atoms with Crippen molar-refractivity contribution in [3.8, 4) is 0 Å². The Morgan fingerprint density at radius 3 is 2.80 bits per heavy atom. The molecule has 5 heteroatoms. The van der Waals surface area contributed by atoms with E-state index < -0.39 is 6.09 Å². The number of amides is 1. The summed E-state index contributed by atoms with van der Waals surface area (Å²) in [5.74, 6) is 0. The van der Waals surface area contributed by atoms with E-state index in [-0.39, 0.29) is 0 Å². The van der Waals surface area contributed by atoms with Gasteiger partial charge in [-0.25, -0.2) is 4.79 Å². The van der Waals surface area contributed by atoms with Crippen LogP contribution in [0.15, 0.2) is 18.2 Å². The van der Waals surface area contributed by atoms with E-state index in [1.165, 1.54) is 0 Å². The van der Waals surface area contributed by atoms with E-state index in [2.05, 4.69) is 5.32 Å². The van der Waals surface area contributed by atoms with Crippen LogP contribution < -0.4 is 5.32 Å². The Bertz CT molecular complexity index is 355. The Morgan fingerprint density at radius 2 is 2.20 bits per heavy atom. The van der Waals surface area contributed by atoms with E-state index in [4.69, 9.17) is 27.9 Å². The van der Waals surface area contributed by atoms with Crippen LogP contribution in [0.3, 0.4) is 0 Å². The summed E-state index contributed by atoms with van der Waals surface area (Å²) in [7, 11) is 0. The Hall–Kier alpha value is -0.930. The zero-order valence-electron chi connectivity index (χ0n) is 8.22. The number of halogens is 2. The summed E-state index contributed by atoms with van der Waals surface area (Å²) in [5.41, 5.74) is 0.800. The van der Waals surface area contributed by atoms with Crippen molar-refractivity contribution in [2.24, 2.45) is 0 Å². The Kier molecular flexibility index (Phi) is 4.72. The average Bonchev–Trinajstić information content (AvgIpc) is 2.17. The summed E-state index contributed by atoms with van der Waals surface area (Å²) in [6.45, 7) is 2.42. The minimum Gasteiger partial charge on any atom is -0.450 e. The highest BCUT2D eigenvalue weighted by Crippen LogP contribution is 2.20. The number of carbonyl (C=O) groups is 1. The molecule has 0 unspecified atom stereocenters. The third kappa shape index (κ3) is 3.98. The van der Waals surface area contributed by atoms with Crippen LogP contribution in [0.25, 0.3) is 0 Å². The van der Waals surface area contributed by atoms with Crippen molar-refractivity contribution in [3.05, 3.63) is 33.8 Å². The minimum atomic E-state index is -0.455. The number of rotatable bonds is 3. The fraction of sp³-hybridized carbons (Fsp3) is 0.300. The smallest absolute Gasteiger partial charge is 0.407 e. The maximum Gasteiger partial charge on any atom is 0.407 e. The first-order valence-electron chi connectivity index (χ1n) is 4.48. The van der Waals surface area contributed by atoms with Gasteiger partial charge in [-0.2, -0.15) is 0 Å². The molecule has 1 aromatic rings. The molecule has 0 bridgehead atoms. The van der Waals surface area contributed by atoms with Gasteiger partial charge in [0.2, 0.25) is 0 Å². The van der Waals surface area contributed by atoms with E-state index in [1.54, 1.807) is 25.1 Å². The molecule has 0 saturated carbocycles. The lowest BCUT2D eigenvalue weighted by molar-refractivity contribution is 0.151. The summed E-state index contributed by atoms with van der Waals surface area (Å²) in [6, 6.07) is 5.11. The molecule has 15 heavy (non-hydrogen) atoms. The molecule has 1 rings (SSSR count). The first kappa shape index (κ1) is 12.1. The van der Waals surface area contributed by atoms with E-state index in [0.29, 0.717) is 23.2 Å². The Balaban J connectivity index is 2.54. The molecular weight excluding hydrogens is 237 g/mol. The largest absolute Gasteiger partial charge is 0.450 e. The van der Waals surface area contributed by atoms with Gasteiger partial charge < -0.3 is 10.1 Å². The monoisotopic (exact) mass is 247 g/mol. The van der Waals surface area contributed by atoms with Crippen LogP contribution in [-0.2, 0) is 11.3 Å². The number of hydrogen-bond acceptors (Lipinski definition) is 2. The van der Waals surface area contributed by atoms with Crippen molar-refractivity contribution in [2.75, 3.05) is 6.61 Å². The van der Waals surface area contributed by atoms with Gasteiger partial charge in [-0.3, -0.25) is 0 Å². The number of hydrogen-bond donors (Lipinski definition) is 1. The predicted molar refractivity (Wildman–Crippen MR) is 60.3 cm³/mol. The molecule has 1 N–H and O–H groups in total. The van der Waals surface area contributed by atoms with Crippen LogP contribution >= 0.6 is 23.2 Å². The van der Waals surface area contributed by atoms with Crippen LogP contribution in [0.5, 0.6) is 0 Å². The summed E-state index contributed by atoms with van der Waals surface area (Å²) in [6.07, 6.45) is -0.455. The third-order valence-electron chi connectivity index (χ3n) is 1.71. The van der Waals surface area contributed by atoms with Gasteiger partial charge in [-0.15, -0.1) is 0 Å². The molecule has 0 saturated heterocycles. The number of alkyl carbamates (subject to hydrolysis) is 1. The van der Waals surface area contributed by atoms with Gasteiger partial charge in [-0.1, -0.05) is 29.3 Å². The fourth-order valence-electron chi connectivity index (χ4n) is 1.01. The number of carbonyl (C=O) groups excluding carboxylic acids is 1. The predicted octanol–water partition coefficient (Wildman–Crippen LogP) is 3.24. The summed E-state index contributed by atoms with van der Waals surface area (Å²) >= 11 is 11.6. The molecule has 0 heterocycles. The van der Waals surface area contributed by atoms with E-state index in [0.717, 1.165) is 5.56 Å². The summed E-state index contributed by atoms with van der Waals surface area (Å²) in [4.78, 5) is 11.0. The fourth-order valence-corrected chi connectivity index (χ4v) is 1.49. The van der Waals surface area contributed by atoms with Gasteiger partial charge in [0.1, 0.15) is 0 Å². The molecule has 0 atom stereocenters. The highest BCUT2D eigenvalue weighted by atomic mass is 35.5. The van der Waals surface area contributed by atoms with Crippen LogP contribution in [0.4, 0.5) is 4.79 Å².